The molecular weight excluding hydrogens is 787 g/mol. The largest absolute Gasteiger partial charge is 0.456 e. The van der Waals surface area contributed by atoms with Crippen molar-refractivity contribution in [2.24, 2.45) is 0 Å². The second-order valence-electron chi connectivity index (χ2n) is 16.6. The molecule has 0 fully saturated rings. The molecule has 3 heterocycles. The van der Waals surface area contributed by atoms with Crippen molar-refractivity contribution in [3.05, 3.63) is 222 Å². The van der Waals surface area contributed by atoms with Crippen molar-refractivity contribution in [1.82, 2.24) is 15.0 Å². The number of hydrogen-bond donors (Lipinski definition) is 0. The molecule has 3 aromatic heterocycles. The monoisotopic (exact) mass is 819 g/mol. The van der Waals surface area contributed by atoms with Gasteiger partial charge in [-0.25, -0.2) is 15.0 Å². The molecular formula is C58H33N3OS. The number of benzene rings is 9. The van der Waals surface area contributed by atoms with Crippen LogP contribution in [-0.4, -0.2) is 15.0 Å². The normalized spacial score (nSPS) is 13.2. The summed E-state index contributed by atoms with van der Waals surface area (Å²) in [6.07, 6.45) is 0. The van der Waals surface area contributed by atoms with Gasteiger partial charge in [0.1, 0.15) is 11.2 Å². The summed E-state index contributed by atoms with van der Waals surface area (Å²) in [4.78, 5) is 15.6. The van der Waals surface area contributed by atoms with Crippen LogP contribution in [0, 0.1) is 0 Å². The van der Waals surface area contributed by atoms with E-state index in [-0.39, 0.29) is 0 Å². The number of aromatic nitrogens is 3. The Labute approximate surface area is 366 Å². The number of nitrogens with zero attached hydrogens (tertiary/aromatic N) is 3. The number of thiophene rings is 1. The predicted molar refractivity (Wildman–Crippen MR) is 258 cm³/mol. The van der Waals surface area contributed by atoms with Gasteiger partial charge in [-0.3, -0.25) is 0 Å². The van der Waals surface area contributed by atoms with Crippen molar-refractivity contribution in [3.8, 4) is 67.5 Å². The molecule has 0 saturated heterocycles. The molecule has 0 unspecified atom stereocenters. The molecule has 0 radical (unpaired) electrons. The van der Waals surface area contributed by atoms with Crippen LogP contribution in [0.25, 0.3) is 110 Å². The fourth-order valence-electron chi connectivity index (χ4n) is 10.8. The summed E-state index contributed by atoms with van der Waals surface area (Å²) in [7, 11) is 0. The molecule has 5 heteroatoms. The van der Waals surface area contributed by atoms with Gasteiger partial charge in [-0.15, -0.1) is 11.3 Å². The molecule has 0 N–H and O–H groups in total. The van der Waals surface area contributed by atoms with E-state index >= 15 is 0 Å². The van der Waals surface area contributed by atoms with Crippen LogP contribution in [-0.2, 0) is 5.41 Å². The van der Waals surface area contributed by atoms with Crippen molar-refractivity contribution in [1.29, 1.82) is 0 Å². The smallest absolute Gasteiger partial charge is 0.164 e. The van der Waals surface area contributed by atoms with E-state index in [1.54, 1.807) is 11.3 Å². The average Bonchev–Trinajstić information content (AvgIpc) is 4.09. The Kier molecular flexibility index (Phi) is 7.16. The first-order valence-electron chi connectivity index (χ1n) is 21.3. The van der Waals surface area contributed by atoms with E-state index in [4.69, 9.17) is 19.4 Å². The maximum absolute atomic E-state index is 6.65. The number of rotatable bonds is 4. The summed E-state index contributed by atoms with van der Waals surface area (Å²) in [6, 6.07) is 72.0. The van der Waals surface area contributed by atoms with E-state index in [9.17, 15) is 0 Å². The first-order chi connectivity index (χ1) is 31.2. The highest BCUT2D eigenvalue weighted by molar-refractivity contribution is 7.25. The zero-order valence-electron chi connectivity index (χ0n) is 33.7. The van der Waals surface area contributed by atoms with Gasteiger partial charge in [0.25, 0.3) is 0 Å². The minimum atomic E-state index is -0.414. The zero-order valence-corrected chi connectivity index (χ0v) is 34.5. The van der Waals surface area contributed by atoms with Gasteiger partial charge >= 0.3 is 0 Å². The summed E-state index contributed by atoms with van der Waals surface area (Å²) < 4.78 is 9.11. The van der Waals surface area contributed by atoms with E-state index in [1.807, 2.05) is 30.3 Å². The lowest BCUT2D eigenvalue weighted by Gasteiger charge is -2.30. The van der Waals surface area contributed by atoms with Gasteiger partial charge in [0, 0.05) is 47.6 Å². The third-order valence-electron chi connectivity index (χ3n) is 13.4. The minimum absolute atomic E-state index is 0.414. The lowest BCUT2D eigenvalue weighted by molar-refractivity contribution is 0.669. The highest BCUT2D eigenvalue weighted by Crippen LogP contribution is 2.64. The third-order valence-corrected chi connectivity index (χ3v) is 14.5. The van der Waals surface area contributed by atoms with Crippen molar-refractivity contribution < 1.29 is 4.42 Å². The molecule has 0 amide bonds. The highest BCUT2D eigenvalue weighted by Gasteiger charge is 2.52. The lowest BCUT2D eigenvalue weighted by atomic mass is 9.70. The van der Waals surface area contributed by atoms with Crippen molar-refractivity contribution in [3.63, 3.8) is 0 Å². The van der Waals surface area contributed by atoms with Gasteiger partial charge in [0.05, 0.1) is 5.41 Å². The molecule has 12 aromatic rings. The summed E-state index contributed by atoms with van der Waals surface area (Å²) in [5, 5.41) is 4.50. The Balaban J connectivity index is 0.975. The molecule has 4 nitrogen and oxygen atoms in total. The average molecular weight is 820 g/mol. The Morgan fingerprint density at radius 2 is 0.937 bits per heavy atom. The van der Waals surface area contributed by atoms with Gasteiger partial charge in [-0.05, 0) is 86.0 Å². The maximum atomic E-state index is 6.65. The van der Waals surface area contributed by atoms with Gasteiger partial charge in [0.2, 0.25) is 0 Å². The van der Waals surface area contributed by atoms with E-state index in [0.29, 0.717) is 17.5 Å². The van der Waals surface area contributed by atoms with Crippen LogP contribution in [0.4, 0.5) is 0 Å². The standard InChI is InChI=1S/C58H33N3OS/c1-2-14-34(15-3-1)55-59-56(36-28-30-41-40-18-7-11-27-51(40)63-52(41)33-36)61-57(60-55)43-21-13-26-50-54(43)44-32-35(29-31-49(44)62-50)37-20-12-25-48-53(37)42-19-6-10-24-47(42)58(48)45-22-8-4-16-38(45)39-17-5-9-23-46(39)58/h1-33H. The fraction of sp³-hybridized carbons (Fsp3) is 0.0172. The molecule has 0 bridgehead atoms. The molecule has 63 heavy (non-hydrogen) atoms. The van der Waals surface area contributed by atoms with Gasteiger partial charge in [-0.2, -0.15) is 0 Å². The third kappa shape index (κ3) is 4.83. The van der Waals surface area contributed by atoms with Crippen molar-refractivity contribution in [2.45, 2.75) is 5.41 Å². The van der Waals surface area contributed by atoms with Crippen LogP contribution in [0.2, 0.25) is 0 Å². The Morgan fingerprint density at radius 3 is 1.75 bits per heavy atom. The van der Waals surface area contributed by atoms with Crippen LogP contribution in [0.1, 0.15) is 22.3 Å². The van der Waals surface area contributed by atoms with Gasteiger partial charge in [0.15, 0.2) is 17.5 Å². The minimum Gasteiger partial charge on any atom is -0.456 e. The number of hydrogen-bond acceptors (Lipinski definition) is 5. The van der Waals surface area contributed by atoms with Crippen LogP contribution < -0.4 is 0 Å². The van der Waals surface area contributed by atoms with Crippen LogP contribution in [0.3, 0.4) is 0 Å². The summed E-state index contributed by atoms with van der Waals surface area (Å²) >= 11 is 1.79. The van der Waals surface area contributed by atoms with E-state index in [1.165, 1.54) is 70.2 Å². The molecule has 9 aromatic carbocycles. The first-order valence-corrected chi connectivity index (χ1v) is 22.2. The zero-order chi connectivity index (χ0) is 41.2. The second kappa shape index (κ2) is 13.0. The summed E-state index contributed by atoms with van der Waals surface area (Å²) in [6.45, 7) is 0. The van der Waals surface area contributed by atoms with E-state index in [2.05, 4.69) is 170 Å². The van der Waals surface area contributed by atoms with E-state index in [0.717, 1.165) is 44.2 Å². The fourth-order valence-corrected chi connectivity index (χ4v) is 11.9. The van der Waals surface area contributed by atoms with Crippen molar-refractivity contribution in [2.75, 3.05) is 0 Å². The summed E-state index contributed by atoms with van der Waals surface area (Å²) in [5.74, 6) is 1.86. The molecule has 292 valence electrons. The quantitative estimate of drug-likeness (QED) is 0.177. The first kappa shape index (κ1) is 34.7. The molecule has 1 spiro atoms. The molecule has 0 aliphatic heterocycles. The Hall–Kier alpha value is -7.99. The van der Waals surface area contributed by atoms with Crippen LogP contribution >= 0.6 is 11.3 Å². The molecule has 2 aliphatic carbocycles. The van der Waals surface area contributed by atoms with E-state index < -0.39 is 5.41 Å². The molecule has 0 saturated carbocycles. The van der Waals surface area contributed by atoms with Crippen LogP contribution in [0.15, 0.2) is 205 Å². The summed E-state index contributed by atoms with van der Waals surface area (Å²) in [5.41, 5.74) is 16.8. The highest BCUT2D eigenvalue weighted by atomic mass is 32.1. The van der Waals surface area contributed by atoms with Gasteiger partial charge < -0.3 is 4.42 Å². The number of fused-ring (bicyclic) bond motifs is 16. The van der Waals surface area contributed by atoms with Crippen LogP contribution in [0.5, 0.6) is 0 Å². The van der Waals surface area contributed by atoms with Crippen molar-refractivity contribution >= 4 is 53.4 Å². The second-order valence-corrected chi connectivity index (χ2v) is 17.7. The Morgan fingerprint density at radius 1 is 0.349 bits per heavy atom. The molecule has 2 aliphatic rings. The lowest BCUT2D eigenvalue weighted by Crippen LogP contribution is -2.25. The predicted octanol–water partition coefficient (Wildman–Crippen LogP) is 15.2. The maximum Gasteiger partial charge on any atom is 0.164 e. The topological polar surface area (TPSA) is 51.8 Å². The Bertz CT molecular complexity index is 3830. The SMILES string of the molecule is c1ccc(-c2nc(-c3ccc4c(c3)sc3ccccc34)nc(-c3cccc4oc5ccc(-c6cccc7c6-c6ccccc6C76c7ccccc7-c7ccccc76)cc5c34)n2)cc1. The molecule has 0 atom stereocenters. The number of furan rings is 1. The molecule has 14 rings (SSSR count). The van der Waals surface area contributed by atoms with Gasteiger partial charge in [-0.1, -0.05) is 170 Å².